The maximum Gasteiger partial charge on any atom is 0.341 e. The summed E-state index contributed by atoms with van der Waals surface area (Å²) in [4.78, 5) is 27.7. The Kier molecular flexibility index (Phi) is 6.59. The van der Waals surface area contributed by atoms with Crippen LogP contribution in [0.5, 0.6) is 0 Å². The molecule has 1 aromatic heterocycles. The summed E-state index contributed by atoms with van der Waals surface area (Å²) in [6, 6.07) is 0. The molecule has 0 atom stereocenters. The van der Waals surface area contributed by atoms with Crippen molar-refractivity contribution in [3.05, 3.63) is 16.0 Å². The monoisotopic (exact) mass is 338 g/mol. The Morgan fingerprint density at radius 1 is 1.22 bits per heavy atom. The number of rotatable bonds is 5. The maximum atomic E-state index is 12.4. The lowest BCUT2D eigenvalue weighted by Gasteiger charge is -2.18. The van der Waals surface area contributed by atoms with Gasteiger partial charge >= 0.3 is 5.97 Å². The number of hydrogen-bond donors (Lipinski definition) is 1. The summed E-state index contributed by atoms with van der Waals surface area (Å²) in [6.45, 7) is 6.31. The number of methoxy groups -OCH3 is 1. The molecule has 1 fully saturated rings. The molecule has 1 aromatic rings. The van der Waals surface area contributed by atoms with Crippen LogP contribution in [0.15, 0.2) is 0 Å². The summed E-state index contributed by atoms with van der Waals surface area (Å²) in [5.74, 6) is -0.433. The van der Waals surface area contributed by atoms with Gasteiger partial charge in [-0.25, -0.2) is 4.79 Å². The molecule has 1 aliphatic heterocycles. The highest BCUT2D eigenvalue weighted by atomic mass is 32.1. The Balaban J connectivity index is 2.09. The maximum absolute atomic E-state index is 12.4. The first-order chi connectivity index (χ1) is 11.1. The van der Waals surface area contributed by atoms with Crippen LogP contribution in [-0.4, -0.2) is 43.5 Å². The van der Waals surface area contributed by atoms with E-state index in [0.717, 1.165) is 42.8 Å². The second-order valence-electron chi connectivity index (χ2n) is 5.92. The molecule has 2 rings (SSSR count). The number of amides is 1. The number of nitrogens with zero attached hydrogens (tertiary/aromatic N) is 1. The molecule has 0 radical (unpaired) electrons. The molecule has 0 bridgehead atoms. The molecule has 1 aliphatic rings. The molecule has 128 valence electrons. The van der Waals surface area contributed by atoms with Crippen LogP contribution in [0.2, 0.25) is 0 Å². The van der Waals surface area contributed by atoms with Crippen molar-refractivity contribution in [2.75, 3.05) is 32.1 Å². The van der Waals surface area contributed by atoms with Gasteiger partial charge in [0.15, 0.2) is 0 Å². The van der Waals surface area contributed by atoms with Crippen molar-refractivity contribution in [2.45, 2.75) is 46.0 Å². The predicted molar refractivity (Wildman–Crippen MR) is 93.3 cm³/mol. The smallest absolute Gasteiger partial charge is 0.341 e. The van der Waals surface area contributed by atoms with Crippen LogP contribution in [0.3, 0.4) is 0 Å². The van der Waals surface area contributed by atoms with Gasteiger partial charge in [-0.1, -0.05) is 19.8 Å². The van der Waals surface area contributed by atoms with E-state index in [9.17, 15) is 9.59 Å². The Morgan fingerprint density at radius 2 is 1.87 bits per heavy atom. The predicted octanol–water partition coefficient (Wildman–Crippen LogP) is 3.22. The van der Waals surface area contributed by atoms with Gasteiger partial charge in [0.05, 0.1) is 19.2 Å². The number of carbonyl (C=O) groups is 2. The van der Waals surface area contributed by atoms with Gasteiger partial charge < -0.3 is 10.1 Å². The first-order valence-electron chi connectivity index (χ1n) is 8.29. The second kappa shape index (κ2) is 8.45. The van der Waals surface area contributed by atoms with Crippen molar-refractivity contribution in [2.24, 2.45) is 0 Å². The second-order valence-corrected chi connectivity index (χ2v) is 7.15. The highest BCUT2D eigenvalue weighted by molar-refractivity contribution is 7.16. The van der Waals surface area contributed by atoms with E-state index >= 15 is 0 Å². The highest BCUT2D eigenvalue weighted by Crippen LogP contribution is 2.34. The molecule has 0 aliphatic carbocycles. The normalized spacial score (nSPS) is 16.0. The van der Waals surface area contributed by atoms with Gasteiger partial charge in [0.2, 0.25) is 5.91 Å². The number of likely N-dealkylation sites (tertiary alicyclic amines) is 1. The molecule has 1 saturated heterocycles. The SMILES string of the molecule is CCc1c(C)sc(NC(=O)CN2CCCCCC2)c1C(=O)OC. The van der Waals surface area contributed by atoms with E-state index in [-0.39, 0.29) is 11.9 Å². The summed E-state index contributed by atoms with van der Waals surface area (Å²) in [6.07, 6.45) is 5.54. The molecule has 23 heavy (non-hydrogen) atoms. The fraction of sp³-hybridized carbons (Fsp3) is 0.647. The highest BCUT2D eigenvalue weighted by Gasteiger charge is 2.23. The molecule has 2 heterocycles. The Bertz CT molecular complexity index is 560. The molecule has 0 aromatic carbocycles. The number of anilines is 1. The topological polar surface area (TPSA) is 58.6 Å². The summed E-state index contributed by atoms with van der Waals surface area (Å²) in [5.41, 5.74) is 1.48. The number of esters is 1. The average Bonchev–Trinajstić information content (AvgIpc) is 2.68. The molecular weight excluding hydrogens is 312 g/mol. The molecule has 1 amide bonds. The van der Waals surface area contributed by atoms with Crippen LogP contribution >= 0.6 is 11.3 Å². The number of thiophene rings is 1. The third-order valence-electron chi connectivity index (χ3n) is 4.27. The fourth-order valence-corrected chi connectivity index (χ4v) is 4.22. The van der Waals surface area contributed by atoms with Crippen LogP contribution in [0.1, 0.15) is 53.4 Å². The fourth-order valence-electron chi connectivity index (χ4n) is 3.07. The van der Waals surface area contributed by atoms with E-state index in [1.165, 1.54) is 31.3 Å². The third kappa shape index (κ3) is 4.54. The molecule has 5 nitrogen and oxygen atoms in total. The lowest BCUT2D eigenvalue weighted by Crippen LogP contribution is -2.34. The van der Waals surface area contributed by atoms with E-state index in [1.807, 2.05) is 13.8 Å². The van der Waals surface area contributed by atoms with Crippen LogP contribution < -0.4 is 5.32 Å². The van der Waals surface area contributed by atoms with E-state index in [2.05, 4.69) is 10.2 Å². The first kappa shape index (κ1) is 17.9. The van der Waals surface area contributed by atoms with E-state index in [1.54, 1.807) is 0 Å². The Morgan fingerprint density at radius 3 is 2.43 bits per heavy atom. The third-order valence-corrected chi connectivity index (χ3v) is 5.33. The standard InChI is InChI=1S/C17H26N2O3S/c1-4-13-12(2)23-16(15(13)17(21)22-3)18-14(20)11-19-9-7-5-6-8-10-19/h4-11H2,1-3H3,(H,18,20). The van der Waals surface area contributed by atoms with Crippen molar-refractivity contribution in [3.63, 3.8) is 0 Å². The summed E-state index contributed by atoms with van der Waals surface area (Å²) in [5, 5.41) is 3.54. The molecule has 1 N–H and O–H groups in total. The molecule has 6 heteroatoms. The number of hydrogen-bond acceptors (Lipinski definition) is 5. The van der Waals surface area contributed by atoms with Gasteiger partial charge in [-0.15, -0.1) is 11.3 Å². The van der Waals surface area contributed by atoms with Crippen molar-refractivity contribution in [3.8, 4) is 0 Å². The molecular formula is C17H26N2O3S. The minimum atomic E-state index is -0.378. The van der Waals surface area contributed by atoms with E-state index in [4.69, 9.17) is 4.74 Å². The van der Waals surface area contributed by atoms with Crippen molar-refractivity contribution >= 4 is 28.2 Å². The zero-order chi connectivity index (χ0) is 16.8. The average molecular weight is 338 g/mol. The largest absolute Gasteiger partial charge is 0.465 e. The minimum Gasteiger partial charge on any atom is -0.465 e. The number of carbonyl (C=O) groups excluding carboxylic acids is 2. The van der Waals surface area contributed by atoms with Gasteiger partial charge in [-0.2, -0.15) is 0 Å². The molecule has 0 unspecified atom stereocenters. The van der Waals surface area contributed by atoms with Crippen molar-refractivity contribution in [1.82, 2.24) is 4.90 Å². The van der Waals surface area contributed by atoms with Crippen molar-refractivity contribution < 1.29 is 14.3 Å². The number of nitrogens with one attached hydrogen (secondary N) is 1. The summed E-state index contributed by atoms with van der Waals surface area (Å²) in [7, 11) is 1.37. The van der Waals surface area contributed by atoms with Gasteiger partial charge in [-0.05, 0) is 44.8 Å². The van der Waals surface area contributed by atoms with Crippen molar-refractivity contribution in [1.29, 1.82) is 0 Å². The summed E-state index contributed by atoms with van der Waals surface area (Å²) >= 11 is 1.45. The zero-order valence-electron chi connectivity index (χ0n) is 14.2. The van der Waals surface area contributed by atoms with Crippen LogP contribution in [0, 0.1) is 6.92 Å². The summed E-state index contributed by atoms with van der Waals surface area (Å²) < 4.78 is 4.89. The number of ether oxygens (including phenoxy) is 1. The quantitative estimate of drug-likeness (QED) is 0.838. The lowest BCUT2D eigenvalue weighted by atomic mass is 10.1. The molecule has 0 saturated carbocycles. The Hall–Kier alpha value is -1.40. The van der Waals surface area contributed by atoms with Gasteiger partial charge in [0.1, 0.15) is 5.00 Å². The van der Waals surface area contributed by atoms with E-state index in [0.29, 0.717) is 17.1 Å². The number of aryl methyl sites for hydroxylation is 1. The van der Waals surface area contributed by atoms with Crippen LogP contribution in [0.4, 0.5) is 5.00 Å². The van der Waals surface area contributed by atoms with Gasteiger partial charge in [-0.3, -0.25) is 9.69 Å². The molecule has 0 spiro atoms. The van der Waals surface area contributed by atoms with Crippen LogP contribution in [0.25, 0.3) is 0 Å². The minimum absolute atomic E-state index is 0.0547. The lowest BCUT2D eigenvalue weighted by molar-refractivity contribution is -0.117. The van der Waals surface area contributed by atoms with Gasteiger partial charge in [0.25, 0.3) is 0 Å². The Labute approximate surface area is 142 Å². The first-order valence-corrected chi connectivity index (χ1v) is 9.11. The zero-order valence-corrected chi connectivity index (χ0v) is 15.1. The van der Waals surface area contributed by atoms with Gasteiger partial charge in [0, 0.05) is 4.88 Å². The van der Waals surface area contributed by atoms with Crippen LogP contribution in [-0.2, 0) is 16.0 Å². The van der Waals surface area contributed by atoms with E-state index < -0.39 is 0 Å².